The smallest absolute Gasteiger partial charge is 0.221 e. The first kappa shape index (κ1) is 11.8. The maximum atomic E-state index is 11.2. The molecule has 1 fully saturated rings. The molecule has 1 N–H and O–H groups in total. The Morgan fingerprint density at radius 2 is 2.06 bits per heavy atom. The molecule has 1 aromatic carbocycles. The Morgan fingerprint density at radius 1 is 1.35 bits per heavy atom. The summed E-state index contributed by atoms with van der Waals surface area (Å²) < 4.78 is 0. The number of hydrogen-bond donors (Lipinski definition) is 1. The molecule has 1 aliphatic rings. The van der Waals surface area contributed by atoms with Crippen molar-refractivity contribution in [2.75, 3.05) is 5.32 Å². The van der Waals surface area contributed by atoms with Gasteiger partial charge in [-0.15, -0.1) is 0 Å². The summed E-state index contributed by atoms with van der Waals surface area (Å²) in [5.41, 5.74) is 2.58. The molecule has 1 aliphatic carbocycles. The highest BCUT2D eigenvalue weighted by Crippen LogP contribution is 2.37. The van der Waals surface area contributed by atoms with Crippen molar-refractivity contribution < 1.29 is 9.59 Å². The highest BCUT2D eigenvalue weighted by Gasteiger charge is 2.20. The van der Waals surface area contributed by atoms with Gasteiger partial charge in [-0.05, 0) is 30.4 Å². The van der Waals surface area contributed by atoms with Crippen LogP contribution in [0, 0.1) is 0 Å². The summed E-state index contributed by atoms with van der Waals surface area (Å²) in [5.74, 6) is 0.435. The van der Waals surface area contributed by atoms with Crippen LogP contribution >= 0.6 is 0 Å². The molecule has 90 valence electrons. The van der Waals surface area contributed by atoms with Crippen molar-refractivity contribution in [1.82, 2.24) is 0 Å². The zero-order chi connectivity index (χ0) is 12.3. The maximum absolute atomic E-state index is 11.2. The molecular weight excluding hydrogens is 214 g/mol. The molecule has 1 amide bonds. The third kappa shape index (κ3) is 2.73. The number of hydrogen-bond acceptors (Lipinski definition) is 2. The SMILES string of the molecule is CC(=O)Nc1cc(C=O)ccc1C1CCCC1. The van der Waals surface area contributed by atoms with Crippen molar-refractivity contribution in [3.8, 4) is 0 Å². The van der Waals surface area contributed by atoms with Gasteiger partial charge in [-0.2, -0.15) is 0 Å². The van der Waals surface area contributed by atoms with Crippen LogP contribution in [-0.2, 0) is 4.79 Å². The van der Waals surface area contributed by atoms with E-state index in [4.69, 9.17) is 0 Å². The monoisotopic (exact) mass is 231 g/mol. The minimum atomic E-state index is -0.0905. The van der Waals surface area contributed by atoms with Crippen LogP contribution in [0.25, 0.3) is 0 Å². The lowest BCUT2D eigenvalue weighted by atomic mass is 9.94. The highest BCUT2D eigenvalue weighted by molar-refractivity contribution is 5.91. The average Bonchev–Trinajstić information content (AvgIpc) is 2.81. The minimum Gasteiger partial charge on any atom is -0.326 e. The van der Waals surface area contributed by atoms with Gasteiger partial charge in [0.15, 0.2) is 0 Å². The predicted molar refractivity (Wildman–Crippen MR) is 67.3 cm³/mol. The zero-order valence-corrected chi connectivity index (χ0v) is 10.0. The van der Waals surface area contributed by atoms with E-state index in [0.717, 1.165) is 12.0 Å². The van der Waals surface area contributed by atoms with Gasteiger partial charge in [-0.3, -0.25) is 9.59 Å². The van der Waals surface area contributed by atoms with Gasteiger partial charge in [0.25, 0.3) is 0 Å². The van der Waals surface area contributed by atoms with Crippen LogP contribution in [0.5, 0.6) is 0 Å². The van der Waals surface area contributed by atoms with Gasteiger partial charge < -0.3 is 5.32 Å². The lowest BCUT2D eigenvalue weighted by Gasteiger charge is -2.16. The van der Waals surface area contributed by atoms with E-state index in [-0.39, 0.29) is 5.91 Å². The van der Waals surface area contributed by atoms with E-state index in [1.165, 1.54) is 38.2 Å². The Bertz CT molecular complexity index is 434. The molecule has 17 heavy (non-hydrogen) atoms. The molecule has 0 unspecified atom stereocenters. The van der Waals surface area contributed by atoms with Crippen molar-refractivity contribution >= 4 is 17.9 Å². The fourth-order valence-electron chi connectivity index (χ4n) is 2.54. The molecular formula is C14H17NO2. The predicted octanol–water partition coefficient (Wildman–Crippen LogP) is 3.12. The fraction of sp³-hybridized carbons (Fsp3) is 0.429. The van der Waals surface area contributed by atoms with Crippen molar-refractivity contribution in [3.05, 3.63) is 29.3 Å². The number of rotatable bonds is 3. The molecule has 0 spiro atoms. The van der Waals surface area contributed by atoms with Crippen LogP contribution in [0.1, 0.15) is 54.4 Å². The van der Waals surface area contributed by atoms with Gasteiger partial charge >= 0.3 is 0 Å². The van der Waals surface area contributed by atoms with Crippen molar-refractivity contribution in [1.29, 1.82) is 0 Å². The van der Waals surface area contributed by atoms with Crippen LogP contribution < -0.4 is 5.32 Å². The Morgan fingerprint density at radius 3 is 2.65 bits per heavy atom. The van der Waals surface area contributed by atoms with Gasteiger partial charge in [-0.1, -0.05) is 25.0 Å². The van der Waals surface area contributed by atoms with E-state index in [9.17, 15) is 9.59 Å². The molecule has 3 nitrogen and oxygen atoms in total. The van der Waals surface area contributed by atoms with Gasteiger partial charge in [-0.25, -0.2) is 0 Å². The summed E-state index contributed by atoms with van der Waals surface area (Å²) in [6.07, 6.45) is 5.66. The van der Waals surface area contributed by atoms with E-state index < -0.39 is 0 Å². The van der Waals surface area contributed by atoms with Crippen LogP contribution in [-0.4, -0.2) is 12.2 Å². The van der Waals surface area contributed by atoms with E-state index >= 15 is 0 Å². The van der Waals surface area contributed by atoms with Gasteiger partial charge in [0.05, 0.1) is 0 Å². The summed E-state index contributed by atoms with van der Waals surface area (Å²) in [4.78, 5) is 21.9. The van der Waals surface area contributed by atoms with Gasteiger partial charge in [0.2, 0.25) is 5.91 Å². The summed E-state index contributed by atoms with van der Waals surface area (Å²) in [6.45, 7) is 1.49. The number of nitrogens with one attached hydrogen (secondary N) is 1. The van der Waals surface area contributed by atoms with Crippen molar-refractivity contribution in [2.24, 2.45) is 0 Å². The summed E-state index contributed by atoms with van der Waals surface area (Å²) in [7, 11) is 0. The minimum absolute atomic E-state index is 0.0905. The first-order valence-electron chi connectivity index (χ1n) is 6.07. The average molecular weight is 231 g/mol. The quantitative estimate of drug-likeness (QED) is 0.812. The molecule has 0 aliphatic heterocycles. The Labute approximate surface area is 101 Å². The van der Waals surface area contributed by atoms with Crippen LogP contribution in [0.15, 0.2) is 18.2 Å². The lowest BCUT2D eigenvalue weighted by Crippen LogP contribution is -2.10. The molecule has 0 radical (unpaired) electrons. The lowest BCUT2D eigenvalue weighted by molar-refractivity contribution is -0.114. The van der Waals surface area contributed by atoms with Gasteiger partial charge in [0, 0.05) is 18.2 Å². The van der Waals surface area contributed by atoms with E-state index in [2.05, 4.69) is 5.32 Å². The first-order valence-corrected chi connectivity index (χ1v) is 6.07. The van der Waals surface area contributed by atoms with Gasteiger partial charge in [0.1, 0.15) is 6.29 Å². The second kappa shape index (κ2) is 5.13. The molecule has 2 rings (SSSR count). The molecule has 0 atom stereocenters. The highest BCUT2D eigenvalue weighted by atomic mass is 16.1. The largest absolute Gasteiger partial charge is 0.326 e. The second-order valence-corrected chi connectivity index (χ2v) is 4.63. The Hall–Kier alpha value is -1.64. The third-order valence-corrected chi connectivity index (χ3v) is 3.32. The number of carbonyl (C=O) groups is 2. The van der Waals surface area contributed by atoms with Crippen LogP contribution in [0.3, 0.4) is 0 Å². The van der Waals surface area contributed by atoms with Crippen LogP contribution in [0.4, 0.5) is 5.69 Å². The maximum Gasteiger partial charge on any atom is 0.221 e. The Kier molecular flexibility index (Phi) is 3.57. The summed E-state index contributed by atoms with van der Waals surface area (Å²) in [5, 5.41) is 2.83. The normalized spacial score (nSPS) is 15.8. The van der Waals surface area contributed by atoms with E-state index in [1.54, 1.807) is 6.07 Å². The summed E-state index contributed by atoms with van der Waals surface area (Å²) in [6, 6.07) is 5.57. The molecule has 1 aromatic rings. The molecule has 1 saturated carbocycles. The number of amides is 1. The summed E-state index contributed by atoms with van der Waals surface area (Å²) >= 11 is 0. The fourth-order valence-corrected chi connectivity index (χ4v) is 2.54. The molecule has 0 heterocycles. The molecule has 0 aromatic heterocycles. The second-order valence-electron chi connectivity index (χ2n) is 4.63. The van der Waals surface area contributed by atoms with Crippen molar-refractivity contribution in [2.45, 2.75) is 38.5 Å². The molecule has 0 saturated heterocycles. The van der Waals surface area contributed by atoms with E-state index in [0.29, 0.717) is 11.5 Å². The van der Waals surface area contributed by atoms with Crippen LogP contribution in [0.2, 0.25) is 0 Å². The van der Waals surface area contributed by atoms with Crippen molar-refractivity contribution in [3.63, 3.8) is 0 Å². The zero-order valence-electron chi connectivity index (χ0n) is 10.0. The third-order valence-electron chi connectivity index (χ3n) is 3.32. The number of benzene rings is 1. The number of carbonyl (C=O) groups excluding carboxylic acids is 2. The molecule has 3 heteroatoms. The number of anilines is 1. The topological polar surface area (TPSA) is 46.2 Å². The first-order chi connectivity index (χ1) is 8.20. The molecule has 0 bridgehead atoms. The standard InChI is InChI=1S/C14H17NO2/c1-10(17)15-14-8-11(9-16)6-7-13(14)12-4-2-3-5-12/h6-9,12H,2-5H2,1H3,(H,15,17). The van der Waals surface area contributed by atoms with E-state index in [1.807, 2.05) is 12.1 Å². The Balaban J connectivity index is 2.34. The number of aldehydes is 1.